The lowest BCUT2D eigenvalue weighted by Gasteiger charge is -2.13. The minimum absolute atomic E-state index is 0.184. The second-order valence-corrected chi connectivity index (χ2v) is 9.71. The minimum Gasteiger partial charge on any atom is -0.497 e. The second-order valence-electron chi connectivity index (χ2n) is 9.71. The predicted molar refractivity (Wildman–Crippen MR) is 157 cm³/mol. The smallest absolute Gasteiger partial charge is 0.255 e. The molecule has 0 atom stereocenters. The highest BCUT2D eigenvalue weighted by atomic mass is 16.5. The van der Waals surface area contributed by atoms with E-state index in [9.17, 15) is 4.79 Å². The fourth-order valence-corrected chi connectivity index (χ4v) is 4.76. The number of hydrogen-bond acceptors (Lipinski definition) is 7. The highest BCUT2D eigenvalue weighted by Crippen LogP contribution is 2.30. The van der Waals surface area contributed by atoms with Crippen LogP contribution in [0.15, 0.2) is 91.0 Å². The van der Waals surface area contributed by atoms with E-state index in [4.69, 9.17) is 19.4 Å². The molecular weight excluding hydrogens is 502 g/mol. The summed E-state index contributed by atoms with van der Waals surface area (Å²) in [6, 6.07) is 28.7. The Balaban J connectivity index is 1.21. The van der Waals surface area contributed by atoms with Gasteiger partial charge in [0, 0.05) is 46.5 Å². The van der Waals surface area contributed by atoms with E-state index in [1.165, 1.54) is 0 Å². The van der Waals surface area contributed by atoms with Crippen LogP contribution in [0.1, 0.15) is 15.9 Å². The average Bonchev–Trinajstić information content (AvgIpc) is 3.17. The molecule has 40 heavy (non-hydrogen) atoms. The van der Waals surface area contributed by atoms with Crippen LogP contribution in [0.5, 0.6) is 11.5 Å². The van der Waals surface area contributed by atoms with Gasteiger partial charge in [-0.3, -0.25) is 9.69 Å². The van der Waals surface area contributed by atoms with Gasteiger partial charge in [0.05, 0.1) is 18.3 Å². The summed E-state index contributed by atoms with van der Waals surface area (Å²) >= 11 is 0. The van der Waals surface area contributed by atoms with Crippen molar-refractivity contribution in [3.8, 4) is 22.8 Å². The SMILES string of the molecule is COc1cccc(-c2nc(Nc3ccc(C(=O)Nc4ccc5c(c4)CN(C)CCO5)cc3)nc3ccccc23)c1. The van der Waals surface area contributed by atoms with Crippen molar-refractivity contribution in [1.82, 2.24) is 14.9 Å². The number of likely N-dealkylation sites (N-methyl/N-ethyl adjacent to an activating group) is 1. The van der Waals surface area contributed by atoms with E-state index < -0.39 is 0 Å². The number of aromatic nitrogens is 2. The Kier molecular flexibility index (Phi) is 6.99. The molecule has 0 aliphatic carbocycles. The summed E-state index contributed by atoms with van der Waals surface area (Å²) in [5.41, 5.74) is 5.68. The molecule has 1 aliphatic heterocycles. The van der Waals surface area contributed by atoms with E-state index in [1.54, 1.807) is 19.2 Å². The highest BCUT2D eigenvalue weighted by molar-refractivity contribution is 6.04. The van der Waals surface area contributed by atoms with Crippen molar-refractivity contribution in [1.29, 1.82) is 0 Å². The van der Waals surface area contributed by atoms with E-state index in [0.717, 1.165) is 63.7 Å². The summed E-state index contributed by atoms with van der Waals surface area (Å²) in [6.07, 6.45) is 0. The van der Waals surface area contributed by atoms with Gasteiger partial charge in [-0.15, -0.1) is 0 Å². The zero-order valence-corrected chi connectivity index (χ0v) is 22.3. The number of carbonyl (C=O) groups excluding carboxylic acids is 1. The van der Waals surface area contributed by atoms with Crippen molar-refractivity contribution >= 4 is 34.1 Å². The van der Waals surface area contributed by atoms with E-state index in [0.29, 0.717) is 18.1 Å². The number of hydrogen-bond donors (Lipinski definition) is 2. The molecule has 5 aromatic rings. The van der Waals surface area contributed by atoms with Crippen molar-refractivity contribution in [3.05, 3.63) is 102 Å². The highest BCUT2D eigenvalue weighted by Gasteiger charge is 2.15. The number of para-hydroxylation sites is 1. The van der Waals surface area contributed by atoms with Gasteiger partial charge in [-0.1, -0.05) is 30.3 Å². The lowest BCUT2D eigenvalue weighted by molar-refractivity contribution is 0.102. The summed E-state index contributed by atoms with van der Waals surface area (Å²) in [7, 11) is 3.71. The zero-order chi connectivity index (χ0) is 27.5. The molecule has 0 unspecified atom stereocenters. The number of carbonyl (C=O) groups is 1. The molecule has 1 amide bonds. The topological polar surface area (TPSA) is 88.6 Å². The first kappa shape index (κ1) is 25.3. The monoisotopic (exact) mass is 531 g/mol. The van der Waals surface area contributed by atoms with Gasteiger partial charge in [-0.05, 0) is 67.7 Å². The molecule has 0 saturated carbocycles. The quantitative estimate of drug-likeness (QED) is 0.273. The van der Waals surface area contributed by atoms with Crippen molar-refractivity contribution in [2.75, 3.05) is 37.9 Å². The fourth-order valence-electron chi connectivity index (χ4n) is 4.76. The van der Waals surface area contributed by atoms with Crippen LogP contribution in [0.3, 0.4) is 0 Å². The predicted octanol–water partition coefficient (Wildman–Crippen LogP) is 6.13. The molecule has 1 aromatic heterocycles. The van der Waals surface area contributed by atoms with Crippen LogP contribution in [0.4, 0.5) is 17.3 Å². The molecule has 2 N–H and O–H groups in total. The zero-order valence-electron chi connectivity index (χ0n) is 22.3. The van der Waals surface area contributed by atoms with Crippen LogP contribution in [-0.4, -0.2) is 48.1 Å². The lowest BCUT2D eigenvalue weighted by Crippen LogP contribution is -2.20. The number of nitrogens with zero attached hydrogens (tertiary/aromatic N) is 3. The van der Waals surface area contributed by atoms with Gasteiger partial charge >= 0.3 is 0 Å². The Morgan fingerprint density at radius 3 is 2.60 bits per heavy atom. The number of fused-ring (bicyclic) bond motifs is 2. The van der Waals surface area contributed by atoms with Gasteiger partial charge in [0.15, 0.2) is 0 Å². The molecule has 6 rings (SSSR count). The van der Waals surface area contributed by atoms with Crippen molar-refractivity contribution < 1.29 is 14.3 Å². The van der Waals surface area contributed by atoms with Gasteiger partial charge in [-0.2, -0.15) is 0 Å². The molecule has 2 heterocycles. The molecule has 0 spiro atoms. The summed E-state index contributed by atoms with van der Waals surface area (Å²) in [4.78, 5) is 24.7. The Hall–Kier alpha value is -4.95. The number of benzene rings is 4. The fraction of sp³-hybridized carbons (Fsp3) is 0.156. The second kappa shape index (κ2) is 11.0. The maximum atomic E-state index is 13.0. The summed E-state index contributed by atoms with van der Waals surface area (Å²) in [6.45, 7) is 2.29. The molecule has 0 fully saturated rings. The first-order chi connectivity index (χ1) is 19.6. The molecule has 4 aromatic carbocycles. The standard InChI is InChI=1S/C32H29N5O3/c1-37-16-17-40-29-15-14-25(18-23(29)20-37)33-31(38)21-10-12-24(13-11-21)34-32-35-28-9-4-3-8-27(28)30(36-32)22-6-5-7-26(19-22)39-2/h3-15,18-19H,16-17,20H2,1-2H3,(H,33,38)(H,34,35,36). The maximum absolute atomic E-state index is 13.0. The molecule has 0 bridgehead atoms. The first-order valence-corrected chi connectivity index (χ1v) is 13.1. The molecule has 0 saturated heterocycles. The minimum atomic E-state index is -0.184. The third-order valence-corrected chi connectivity index (χ3v) is 6.84. The molecule has 8 nitrogen and oxygen atoms in total. The largest absolute Gasteiger partial charge is 0.497 e. The third kappa shape index (κ3) is 5.43. The maximum Gasteiger partial charge on any atom is 0.255 e. The molecule has 8 heteroatoms. The number of ether oxygens (including phenoxy) is 2. The van der Waals surface area contributed by atoms with Gasteiger partial charge in [-0.25, -0.2) is 9.97 Å². The van der Waals surface area contributed by atoms with Crippen LogP contribution in [0.2, 0.25) is 0 Å². The number of nitrogens with one attached hydrogen (secondary N) is 2. The summed E-state index contributed by atoms with van der Waals surface area (Å²) in [5.74, 6) is 1.90. The van der Waals surface area contributed by atoms with Crippen LogP contribution in [0.25, 0.3) is 22.2 Å². The molecule has 0 radical (unpaired) electrons. The van der Waals surface area contributed by atoms with Gasteiger partial charge in [0.25, 0.3) is 5.91 Å². The van der Waals surface area contributed by atoms with Crippen LogP contribution < -0.4 is 20.1 Å². The number of rotatable bonds is 6. The van der Waals surface area contributed by atoms with Gasteiger partial charge < -0.3 is 20.1 Å². The number of amides is 1. The van der Waals surface area contributed by atoms with Crippen LogP contribution in [0, 0.1) is 0 Å². The van der Waals surface area contributed by atoms with Crippen molar-refractivity contribution in [2.24, 2.45) is 0 Å². The molecule has 1 aliphatic rings. The lowest BCUT2D eigenvalue weighted by atomic mass is 10.1. The van der Waals surface area contributed by atoms with E-state index >= 15 is 0 Å². The normalized spacial score (nSPS) is 13.2. The molecule has 200 valence electrons. The summed E-state index contributed by atoms with van der Waals surface area (Å²) < 4.78 is 11.2. The number of methoxy groups -OCH3 is 1. The van der Waals surface area contributed by atoms with Crippen LogP contribution >= 0.6 is 0 Å². The third-order valence-electron chi connectivity index (χ3n) is 6.84. The first-order valence-electron chi connectivity index (χ1n) is 13.1. The number of anilines is 3. The van der Waals surface area contributed by atoms with Crippen molar-refractivity contribution in [2.45, 2.75) is 6.54 Å². The van der Waals surface area contributed by atoms with E-state index in [1.807, 2.05) is 78.9 Å². The van der Waals surface area contributed by atoms with Crippen LogP contribution in [-0.2, 0) is 6.54 Å². The van der Waals surface area contributed by atoms with Crippen molar-refractivity contribution in [3.63, 3.8) is 0 Å². The van der Waals surface area contributed by atoms with E-state index in [-0.39, 0.29) is 5.91 Å². The Morgan fingerprint density at radius 2 is 1.75 bits per heavy atom. The Morgan fingerprint density at radius 1 is 0.925 bits per heavy atom. The Labute approximate surface area is 232 Å². The molecular formula is C32H29N5O3. The van der Waals surface area contributed by atoms with Gasteiger partial charge in [0.1, 0.15) is 18.1 Å². The average molecular weight is 532 g/mol. The van der Waals surface area contributed by atoms with Gasteiger partial charge in [0.2, 0.25) is 5.95 Å². The van der Waals surface area contributed by atoms with E-state index in [2.05, 4.69) is 22.6 Å². The summed E-state index contributed by atoms with van der Waals surface area (Å²) in [5, 5.41) is 7.24. The Bertz CT molecular complexity index is 1690.